The van der Waals surface area contributed by atoms with Gasteiger partial charge in [0.05, 0.1) is 12.1 Å². The van der Waals surface area contributed by atoms with Gasteiger partial charge in [0.25, 0.3) is 10.2 Å². The fourth-order valence-electron chi connectivity index (χ4n) is 2.34. The molecule has 1 heterocycles. The summed E-state index contributed by atoms with van der Waals surface area (Å²) in [6.45, 7) is 4.30. The van der Waals surface area contributed by atoms with Gasteiger partial charge in [0.1, 0.15) is 0 Å². The van der Waals surface area contributed by atoms with E-state index in [4.69, 9.17) is 5.26 Å². The first kappa shape index (κ1) is 14.7. The number of nitriles is 1. The molecular formula is C12H22N4O2S. The highest BCUT2D eigenvalue weighted by Crippen LogP contribution is 2.21. The molecule has 0 bridgehead atoms. The predicted octanol–water partition coefficient (Wildman–Crippen LogP) is 0.293. The van der Waals surface area contributed by atoms with Gasteiger partial charge in [-0.1, -0.05) is 13.3 Å². The molecular weight excluding hydrogens is 264 g/mol. The van der Waals surface area contributed by atoms with Crippen LogP contribution >= 0.6 is 0 Å². The average molecular weight is 286 g/mol. The van der Waals surface area contributed by atoms with E-state index in [1.807, 2.05) is 0 Å². The zero-order valence-electron chi connectivity index (χ0n) is 11.4. The Morgan fingerprint density at radius 2 is 1.95 bits per heavy atom. The van der Waals surface area contributed by atoms with Crippen LogP contribution < -0.4 is 4.72 Å². The first-order valence-corrected chi connectivity index (χ1v) is 8.42. The van der Waals surface area contributed by atoms with Crippen molar-refractivity contribution in [2.75, 3.05) is 26.2 Å². The van der Waals surface area contributed by atoms with Crippen LogP contribution in [0.4, 0.5) is 0 Å². The molecule has 2 aliphatic rings. The summed E-state index contributed by atoms with van der Waals surface area (Å²) in [4.78, 5) is 2.09. The Hall–Kier alpha value is -0.680. The van der Waals surface area contributed by atoms with Crippen LogP contribution in [-0.4, -0.2) is 55.9 Å². The lowest BCUT2D eigenvalue weighted by atomic mass is 10.1. The largest absolute Gasteiger partial charge is 0.285 e. The highest BCUT2D eigenvalue weighted by Gasteiger charge is 2.33. The maximum absolute atomic E-state index is 12.0. The maximum Gasteiger partial charge on any atom is 0.279 e. The molecule has 0 spiro atoms. The van der Waals surface area contributed by atoms with E-state index < -0.39 is 10.2 Å². The molecule has 0 aromatic carbocycles. The summed E-state index contributed by atoms with van der Waals surface area (Å²) in [5.74, 6) is 0. The molecule has 0 aromatic heterocycles. The third-order valence-corrected chi connectivity index (χ3v) is 5.33. The molecule has 0 radical (unpaired) electrons. The smallest absolute Gasteiger partial charge is 0.279 e. The summed E-state index contributed by atoms with van der Waals surface area (Å²) in [6, 6.07) is 2.38. The standard InChI is InChI=1S/C12H22N4O2S/c1-2-3-12(10-13)15-6-8-16(9-7-15)19(17,18)14-11-4-5-11/h11-12,14H,2-9H2,1H3. The predicted molar refractivity (Wildman–Crippen MR) is 72.5 cm³/mol. The zero-order chi connectivity index (χ0) is 13.9. The minimum atomic E-state index is -3.31. The molecule has 0 amide bonds. The van der Waals surface area contributed by atoms with Gasteiger partial charge in [0.15, 0.2) is 0 Å². The minimum absolute atomic E-state index is 0.0776. The van der Waals surface area contributed by atoms with E-state index in [1.54, 1.807) is 0 Å². The fraction of sp³-hybridized carbons (Fsp3) is 0.917. The summed E-state index contributed by atoms with van der Waals surface area (Å²) < 4.78 is 28.3. The lowest BCUT2D eigenvalue weighted by Gasteiger charge is -2.36. The van der Waals surface area contributed by atoms with Gasteiger partial charge in [-0.2, -0.15) is 22.7 Å². The van der Waals surface area contributed by atoms with Crippen LogP contribution in [0.15, 0.2) is 0 Å². The van der Waals surface area contributed by atoms with Crippen LogP contribution in [0.2, 0.25) is 0 Å². The Morgan fingerprint density at radius 1 is 1.32 bits per heavy atom. The molecule has 2 fully saturated rings. The molecule has 1 N–H and O–H groups in total. The molecule has 1 aliphatic carbocycles. The van der Waals surface area contributed by atoms with E-state index in [0.717, 1.165) is 25.7 Å². The Balaban J connectivity index is 1.86. The number of hydrogen-bond acceptors (Lipinski definition) is 4. The van der Waals surface area contributed by atoms with Crippen molar-refractivity contribution in [3.05, 3.63) is 0 Å². The number of piperazine rings is 1. The first-order chi connectivity index (χ1) is 9.06. The van der Waals surface area contributed by atoms with E-state index in [0.29, 0.717) is 26.2 Å². The lowest BCUT2D eigenvalue weighted by Crippen LogP contribution is -2.54. The second-order valence-electron chi connectivity index (χ2n) is 5.27. The van der Waals surface area contributed by atoms with Crippen molar-refractivity contribution in [1.82, 2.24) is 13.9 Å². The van der Waals surface area contributed by atoms with Gasteiger partial charge in [-0.3, -0.25) is 4.90 Å². The van der Waals surface area contributed by atoms with Gasteiger partial charge in [-0.15, -0.1) is 0 Å². The lowest BCUT2D eigenvalue weighted by molar-refractivity contribution is 0.155. The summed E-state index contributed by atoms with van der Waals surface area (Å²) >= 11 is 0. The monoisotopic (exact) mass is 286 g/mol. The topological polar surface area (TPSA) is 76.4 Å². The number of nitrogens with zero attached hydrogens (tertiary/aromatic N) is 3. The van der Waals surface area contributed by atoms with E-state index in [-0.39, 0.29) is 12.1 Å². The van der Waals surface area contributed by atoms with Gasteiger partial charge < -0.3 is 0 Å². The Labute approximate surface area is 115 Å². The van der Waals surface area contributed by atoms with Gasteiger partial charge in [-0.25, -0.2) is 0 Å². The second-order valence-corrected chi connectivity index (χ2v) is 6.97. The van der Waals surface area contributed by atoms with E-state index in [1.165, 1.54) is 4.31 Å². The van der Waals surface area contributed by atoms with E-state index >= 15 is 0 Å². The van der Waals surface area contributed by atoms with Crippen molar-refractivity contribution < 1.29 is 8.42 Å². The quantitative estimate of drug-likeness (QED) is 0.761. The molecule has 6 nitrogen and oxygen atoms in total. The van der Waals surface area contributed by atoms with Crippen LogP contribution in [0.1, 0.15) is 32.6 Å². The molecule has 1 unspecified atom stereocenters. The van der Waals surface area contributed by atoms with Crippen molar-refractivity contribution >= 4 is 10.2 Å². The molecule has 19 heavy (non-hydrogen) atoms. The van der Waals surface area contributed by atoms with Crippen LogP contribution in [0.25, 0.3) is 0 Å². The molecule has 1 saturated carbocycles. The highest BCUT2D eigenvalue weighted by molar-refractivity contribution is 7.87. The fourth-order valence-corrected chi connectivity index (χ4v) is 3.79. The van der Waals surface area contributed by atoms with E-state index in [2.05, 4.69) is 22.6 Å². The third kappa shape index (κ3) is 3.89. The van der Waals surface area contributed by atoms with Crippen molar-refractivity contribution in [2.45, 2.75) is 44.7 Å². The summed E-state index contributed by atoms with van der Waals surface area (Å²) in [5, 5.41) is 9.13. The Kier molecular flexibility index (Phi) is 4.79. The maximum atomic E-state index is 12.0. The van der Waals surface area contributed by atoms with Crippen molar-refractivity contribution in [3.63, 3.8) is 0 Å². The van der Waals surface area contributed by atoms with Gasteiger partial charge in [0, 0.05) is 32.2 Å². The van der Waals surface area contributed by atoms with Crippen LogP contribution in [-0.2, 0) is 10.2 Å². The molecule has 7 heteroatoms. The van der Waals surface area contributed by atoms with Crippen molar-refractivity contribution in [3.8, 4) is 6.07 Å². The van der Waals surface area contributed by atoms with Crippen molar-refractivity contribution in [1.29, 1.82) is 5.26 Å². The Bertz CT molecular complexity index is 433. The molecule has 1 atom stereocenters. The SMILES string of the molecule is CCCC(C#N)N1CCN(S(=O)(=O)NC2CC2)CC1. The number of hydrogen-bond donors (Lipinski definition) is 1. The molecule has 0 aromatic rings. The summed E-state index contributed by atoms with van der Waals surface area (Å²) in [6.07, 6.45) is 3.72. The molecule has 1 aliphatic heterocycles. The van der Waals surface area contributed by atoms with Crippen molar-refractivity contribution in [2.24, 2.45) is 0 Å². The van der Waals surface area contributed by atoms with Gasteiger partial charge in [0.2, 0.25) is 0 Å². The molecule has 2 rings (SSSR count). The summed E-state index contributed by atoms with van der Waals surface area (Å²) in [7, 11) is -3.31. The van der Waals surface area contributed by atoms with Crippen LogP contribution in [0.5, 0.6) is 0 Å². The first-order valence-electron chi connectivity index (χ1n) is 6.98. The number of rotatable bonds is 6. The molecule has 1 saturated heterocycles. The van der Waals surface area contributed by atoms with Crippen LogP contribution in [0, 0.1) is 11.3 Å². The number of nitrogens with one attached hydrogen (secondary N) is 1. The normalized spacial score (nSPS) is 24.0. The van der Waals surface area contributed by atoms with E-state index in [9.17, 15) is 8.42 Å². The summed E-state index contributed by atoms with van der Waals surface area (Å²) in [5.41, 5.74) is 0. The van der Waals surface area contributed by atoms with Gasteiger partial charge >= 0.3 is 0 Å². The average Bonchev–Trinajstić information content (AvgIpc) is 3.19. The molecule has 108 valence electrons. The third-order valence-electron chi connectivity index (χ3n) is 3.66. The van der Waals surface area contributed by atoms with Gasteiger partial charge in [-0.05, 0) is 19.3 Å². The highest BCUT2D eigenvalue weighted by atomic mass is 32.2. The zero-order valence-corrected chi connectivity index (χ0v) is 12.2. The second kappa shape index (κ2) is 6.18. The van der Waals surface area contributed by atoms with Crippen LogP contribution in [0.3, 0.4) is 0 Å². The minimum Gasteiger partial charge on any atom is -0.285 e. The Morgan fingerprint density at radius 3 is 2.42 bits per heavy atom.